The Morgan fingerprint density at radius 2 is 2.06 bits per heavy atom. The Bertz CT molecular complexity index is 205. The molecule has 0 saturated carbocycles. The van der Waals surface area contributed by atoms with Gasteiger partial charge in [-0.2, -0.15) is 0 Å². The number of ether oxygens (including phenoxy) is 1. The molecule has 1 aliphatic rings. The molecule has 0 aliphatic carbocycles. The summed E-state index contributed by atoms with van der Waals surface area (Å²) in [5.74, 6) is 1.53. The molecule has 0 bridgehead atoms. The van der Waals surface area contributed by atoms with Gasteiger partial charge in [0.1, 0.15) is 0 Å². The highest BCUT2D eigenvalue weighted by molar-refractivity contribution is 4.85. The van der Waals surface area contributed by atoms with Gasteiger partial charge in [0.05, 0.1) is 5.60 Å². The van der Waals surface area contributed by atoms with Gasteiger partial charge in [-0.05, 0) is 44.6 Å². The normalized spacial score (nSPS) is 33.0. The molecule has 1 fully saturated rings. The summed E-state index contributed by atoms with van der Waals surface area (Å²) in [6.45, 7) is 13.4. The molecule has 1 rings (SSSR count). The molecule has 1 heterocycles. The standard InChI is InChI=1S/C14H29NO/c1-6-14(5)9-13(7-8-16-14)15-10-12(4)11(2)3/h11-13,15H,6-10H2,1-5H3. The summed E-state index contributed by atoms with van der Waals surface area (Å²) in [7, 11) is 0. The molecule has 3 atom stereocenters. The van der Waals surface area contributed by atoms with Crippen molar-refractivity contribution in [3.8, 4) is 0 Å². The van der Waals surface area contributed by atoms with Gasteiger partial charge in [0, 0.05) is 12.6 Å². The lowest BCUT2D eigenvalue weighted by molar-refractivity contribution is -0.0782. The molecule has 2 heteroatoms. The zero-order valence-electron chi connectivity index (χ0n) is 11.7. The van der Waals surface area contributed by atoms with Gasteiger partial charge in [-0.25, -0.2) is 0 Å². The minimum atomic E-state index is 0.108. The molecule has 2 nitrogen and oxygen atoms in total. The van der Waals surface area contributed by atoms with Gasteiger partial charge in [-0.3, -0.25) is 0 Å². The second kappa shape index (κ2) is 6.02. The predicted octanol–water partition coefficient (Wildman–Crippen LogP) is 3.22. The molecule has 16 heavy (non-hydrogen) atoms. The fraction of sp³-hybridized carbons (Fsp3) is 1.00. The first-order chi connectivity index (χ1) is 7.47. The third-order valence-corrected chi connectivity index (χ3v) is 4.21. The van der Waals surface area contributed by atoms with E-state index in [1.54, 1.807) is 0 Å². The van der Waals surface area contributed by atoms with E-state index in [1.165, 1.54) is 6.42 Å². The van der Waals surface area contributed by atoms with Crippen molar-refractivity contribution in [1.82, 2.24) is 5.32 Å². The number of hydrogen-bond donors (Lipinski definition) is 1. The topological polar surface area (TPSA) is 21.3 Å². The van der Waals surface area contributed by atoms with Gasteiger partial charge in [0.15, 0.2) is 0 Å². The average molecular weight is 227 g/mol. The van der Waals surface area contributed by atoms with Crippen LogP contribution in [0.15, 0.2) is 0 Å². The molecule has 96 valence electrons. The van der Waals surface area contributed by atoms with Gasteiger partial charge in [0.2, 0.25) is 0 Å². The average Bonchev–Trinajstić information content (AvgIpc) is 2.26. The van der Waals surface area contributed by atoms with Crippen molar-refractivity contribution < 1.29 is 4.74 Å². The first-order valence-electron chi connectivity index (χ1n) is 6.84. The monoisotopic (exact) mass is 227 g/mol. The molecule has 0 aromatic carbocycles. The summed E-state index contributed by atoms with van der Waals surface area (Å²) in [6, 6.07) is 0.653. The smallest absolute Gasteiger partial charge is 0.0666 e. The Kier molecular flexibility index (Phi) is 5.26. The van der Waals surface area contributed by atoms with Crippen LogP contribution in [0.25, 0.3) is 0 Å². The van der Waals surface area contributed by atoms with Crippen LogP contribution in [-0.2, 0) is 4.74 Å². The first-order valence-corrected chi connectivity index (χ1v) is 6.84. The van der Waals surface area contributed by atoms with Crippen molar-refractivity contribution >= 4 is 0 Å². The molecule has 0 aromatic rings. The second-order valence-corrected chi connectivity index (χ2v) is 5.97. The van der Waals surface area contributed by atoms with E-state index in [2.05, 4.69) is 39.9 Å². The molecule has 1 aliphatic heterocycles. The minimum absolute atomic E-state index is 0.108. The maximum absolute atomic E-state index is 5.86. The highest BCUT2D eigenvalue weighted by Gasteiger charge is 2.31. The van der Waals surface area contributed by atoms with Crippen LogP contribution in [-0.4, -0.2) is 24.8 Å². The highest BCUT2D eigenvalue weighted by atomic mass is 16.5. The lowest BCUT2D eigenvalue weighted by Crippen LogP contribution is -2.46. The van der Waals surface area contributed by atoms with Crippen molar-refractivity contribution in [3.05, 3.63) is 0 Å². The van der Waals surface area contributed by atoms with E-state index >= 15 is 0 Å². The summed E-state index contributed by atoms with van der Waals surface area (Å²) in [5, 5.41) is 3.71. The summed E-state index contributed by atoms with van der Waals surface area (Å²) in [5.41, 5.74) is 0.108. The van der Waals surface area contributed by atoms with Crippen LogP contribution < -0.4 is 5.32 Å². The largest absolute Gasteiger partial charge is 0.375 e. The van der Waals surface area contributed by atoms with E-state index in [0.29, 0.717) is 6.04 Å². The number of hydrogen-bond acceptors (Lipinski definition) is 2. The maximum Gasteiger partial charge on any atom is 0.0666 e. The maximum atomic E-state index is 5.86. The van der Waals surface area contributed by atoms with E-state index in [4.69, 9.17) is 4.74 Å². The quantitative estimate of drug-likeness (QED) is 0.778. The third-order valence-electron chi connectivity index (χ3n) is 4.21. The molecular formula is C14H29NO. The van der Waals surface area contributed by atoms with Crippen molar-refractivity contribution in [3.63, 3.8) is 0 Å². The third kappa shape index (κ3) is 4.06. The van der Waals surface area contributed by atoms with Crippen molar-refractivity contribution in [2.75, 3.05) is 13.2 Å². The van der Waals surface area contributed by atoms with Crippen LogP contribution in [0, 0.1) is 11.8 Å². The van der Waals surface area contributed by atoms with E-state index in [0.717, 1.165) is 37.8 Å². The van der Waals surface area contributed by atoms with Crippen LogP contribution in [0.1, 0.15) is 53.9 Å². The van der Waals surface area contributed by atoms with Crippen molar-refractivity contribution in [2.45, 2.75) is 65.5 Å². The Labute approximate surface area is 101 Å². The zero-order chi connectivity index (χ0) is 12.2. The highest BCUT2D eigenvalue weighted by Crippen LogP contribution is 2.27. The van der Waals surface area contributed by atoms with Gasteiger partial charge in [-0.15, -0.1) is 0 Å². The number of nitrogens with one attached hydrogen (secondary N) is 1. The summed E-state index contributed by atoms with van der Waals surface area (Å²) in [4.78, 5) is 0. The molecule has 3 unspecified atom stereocenters. The Morgan fingerprint density at radius 1 is 1.38 bits per heavy atom. The molecule has 1 N–H and O–H groups in total. The predicted molar refractivity (Wildman–Crippen MR) is 69.7 cm³/mol. The molecule has 0 radical (unpaired) electrons. The first kappa shape index (κ1) is 14.0. The Balaban J connectivity index is 2.32. The molecular weight excluding hydrogens is 198 g/mol. The summed E-state index contributed by atoms with van der Waals surface area (Å²) < 4.78 is 5.86. The Hall–Kier alpha value is -0.0800. The molecule has 0 spiro atoms. The fourth-order valence-corrected chi connectivity index (χ4v) is 2.14. The van der Waals surface area contributed by atoms with Crippen molar-refractivity contribution in [1.29, 1.82) is 0 Å². The SMILES string of the molecule is CCC1(C)CC(NCC(C)C(C)C)CCO1. The van der Waals surface area contributed by atoms with Crippen LogP contribution in [0.4, 0.5) is 0 Å². The van der Waals surface area contributed by atoms with E-state index < -0.39 is 0 Å². The van der Waals surface area contributed by atoms with Gasteiger partial charge in [0.25, 0.3) is 0 Å². The van der Waals surface area contributed by atoms with Gasteiger partial charge in [-0.1, -0.05) is 27.7 Å². The van der Waals surface area contributed by atoms with E-state index in [9.17, 15) is 0 Å². The van der Waals surface area contributed by atoms with Crippen LogP contribution in [0.2, 0.25) is 0 Å². The molecule has 0 amide bonds. The summed E-state index contributed by atoms with van der Waals surface area (Å²) >= 11 is 0. The lowest BCUT2D eigenvalue weighted by Gasteiger charge is -2.38. The van der Waals surface area contributed by atoms with Crippen molar-refractivity contribution in [2.24, 2.45) is 11.8 Å². The van der Waals surface area contributed by atoms with Crippen LogP contribution >= 0.6 is 0 Å². The molecule has 1 saturated heterocycles. The Morgan fingerprint density at radius 3 is 2.62 bits per heavy atom. The zero-order valence-corrected chi connectivity index (χ0v) is 11.7. The second-order valence-electron chi connectivity index (χ2n) is 5.97. The fourth-order valence-electron chi connectivity index (χ4n) is 2.14. The van der Waals surface area contributed by atoms with E-state index in [-0.39, 0.29) is 5.60 Å². The van der Waals surface area contributed by atoms with Gasteiger partial charge < -0.3 is 10.1 Å². The van der Waals surface area contributed by atoms with Crippen LogP contribution in [0.3, 0.4) is 0 Å². The minimum Gasteiger partial charge on any atom is -0.375 e. The number of rotatable bonds is 5. The lowest BCUT2D eigenvalue weighted by atomic mass is 9.89. The van der Waals surface area contributed by atoms with Crippen LogP contribution in [0.5, 0.6) is 0 Å². The summed E-state index contributed by atoms with van der Waals surface area (Å²) in [6.07, 6.45) is 3.44. The van der Waals surface area contributed by atoms with Gasteiger partial charge >= 0.3 is 0 Å². The van der Waals surface area contributed by atoms with E-state index in [1.807, 2.05) is 0 Å². The molecule has 0 aromatic heterocycles.